The summed E-state index contributed by atoms with van der Waals surface area (Å²) in [7, 11) is 0. The molecule has 2 N–H and O–H groups in total. The number of thiazole rings is 1. The number of hydrogen-bond acceptors (Lipinski definition) is 4. The summed E-state index contributed by atoms with van der Waals surface area (Å²) in [6.45, 7) is 0.638. The lowest BCUT2D eigenvalue weighted by molar-refractivity contribution is 0.322. The van der Waals surface area contributed by atoms with Gasteiger partial charge in [0.25, 0.3) is 0 Å². The molecule has 0 saturated carbocycles. The largest absolute Gasteiger partial charge is 0.493 e. The third kappa shape index (κ3) is 2.85. The molecule has 0 aliphatic carbocycles. The third-order valence-electron chi connectivity index (χ3n) is 2.78. The first-order valence-electron chi connectivity index (χ1n) is 6.14. The van der Waals surface area contributed by atoms with Crippen molar-refractivity contribution in [3.8, 4) is 5.75 Å². The lowest BCUT2D eigenvalue weighted by atomic mass is 10.3. The number of anilines is 1. The van der Waals surface area contributed by atoms with Crippen LogP contribution in [0, 0.1) is 0 Å². The van der Waals surface area contributed by atoms with Gasteiger partial charge in [0.05, 0.1) is 21.8 Å². The van der Waals surface area contributed by atoms with Crippen molar-refractivity contribution in [2.45, 2.75) is 6.42 Å². The van der Waals surface area contributed by atoms with Crippen LogP contribution in [0.2, 0.25) is 0 Å². The number of rotatable bonds is 4. The Hall–Kier alpha value is -2.07. The Kier molecular flexibility index (Phi) is 3.33. The first kappa shape index (κ1) is 12.0. The Morgan fingerprint density at radius 1 is 1.11 bits per heavy atom. The van der Waals surface area contributed by atoms with Crippen LogP contribution in [0.4, 0.5) is 5.69 Å². The van der Waals surface area contributed by atoms with Gasteiger partial charge in [-0.15, -0.1) is 11.3 Å². The van der Waals surface area contributed by atoms with Gasteiger partial charge in [0.1, 0.15) is 5.75 Å². The van der Waals surface area contributed by atoms with E-state index >= 15 is 0 Å². The zero-order valence-electron chi connectivity index (χ0n) is 10.4. The van der Waals surface area contributed by atoms with Crippen LogP contribution in [-0.4, -0.2) is 11.6 Å². The lowest BCUT2D eigenvalue weighted by Gasteiger charge is -2.03. The van der Waals surface area contributed by atoms with E-state index in [1.807, 2.05) is 48.5 Å². The molecule has 4 heteroatoms. The molecule has 96 valence electrons. The van der Waals surface area contributed by atoms with Gasteiger partial charge < -0.3 is 10.5 Å². The summed E-state index contributed by atoms with van der Waals surface area (Å²) in [5.41, 5.74) is 7.55. The van der Waals surface area contributed by atoms with Crippen LogP contribution in [0.3, 0.4) is 0 Å². The zero-order chi connectivity index (χ0) is 13.1. The minimum Gasteiger partial charge on any atom is -0.493 e. The second-order valence-electron chi connectivity index (χ2n) is 4.25. The van der Waals surface area contributed by atoms with Crippen LogP contribution in [0.25, 0.3) is 10.2 Å². The minimum absolute atomic E-state index is 0.638. The summed E-state index contributed by atoms with van der Waals surface area (Å²) in [6.07, 6.45) is 0.814. The molecule has 0 aliphatic rings. The summed E-state index contributed by atoms with van der Waals surface area (Å²) < 4.78 is 6.81. The minimum atomic E-state index is 0.638. The van der Waals surface area contributed by atoms with E-state index in [1.165, 1.54) is 0 Å². The molecule has 0 bridgehead atoms. The molecule has 0 radical (unpaired) electrons. The SMILES string of the molecule is Nc1ccc2nc(CCOc3ccccc3)sc2c1. The van der Waals surface area contributed by atoms with Crippen LogP contribution in [0.15, 0.2) is 48.5 Å². The highest BCUT2D eigenvalue weighted by Gasteiger charge is 2.04. The number of fused-ring (bicyclic) bond motifs is 1. The molecule has 0 atom stereocenters. The summed E-state index contributed by atoms with van der Waals surface area (Å²) in [6, 6.07) is 15.6. The van der Waals surface area contributed by atoms with Gasteiger partial charge in [-0.2, -0.15) is 0 Å². The highest BCUT2D eigenvalue weighted by Crippen LogP contribution is 2.24. The molecule has 0 spiro atoms. The number of para-hydroxylation sites is 1. The second kappa shape index (κ2) is 5.28. The number of nitrogens with two attached hydrogens (primary N) is 1. The average Bonchev–Trinajstić information content (AvgIpc) is 2.82. The molecule has 2 aromatic carbocycles. The summed E-state index contributed by atoms with van der Waals surface area (Å²) in [5, 5.41) is 1.08. The maximum absolute atomic E-state index is 5.76. The van der Waals surface area contributed by atoms with Crippen LogP contribution in [-0.2, 0) is 6.42 Å². The summed E-state index contributed by atoms with van der Waals surface area (Å²) >= 11 is 1.68. The zero-order valence-corrected chi connectivity index (χ0v) is 11.2. The fraction of sp³-hybridized carbons (Fsp3) is 0.133. The molecule has 0 aliphatic heterocycles. The first-order valence-corrected chi connectivity index (χ1v) is 6.96. The second-order valence-corrected chi connectivity index (χ2v) is 5.36. The Balaban J connectivity index is 1.65. The normalized spacial score (nSPS) is 10.7. The summed E-state index contributed by atoms with van der Waals surface area (Å²) in [4.78, 5) is 4.57. The van der Waals surface area contributed by atoms with E-state index in [1.54, 1.807) is 11.3 Å². The lowest BCUT2D eigenvalue weighted by Crippen LogP contribution is -2.00. The Labute approximate surface area is 115 Å². The number of nitrogen functional groups attached to an aromatic ring is 1. The maximum atomic E-state index is 5.76. The topological polar surface area (TPSA) is 48.1 Å². The molecule has 0 unspecified atom stereocenters. The molecule has 1 aromatic heterocycles. The van der Waals surface area contributed by atoms with Crippen molar-refractivity contribution in [3.63, 3.8) is 0 Å². The van der Waals surface area contributed by atoms with Gasteiger partial charge in [-0.1, -0.05) is 18.2 Å². The van der Waals surface area contributed by atoms with Crippen LogP contribution < -0.4 is 10.5 Å². The fourth-order valence-electron chi connectivity index (χ4n) is 1.87. The van der Waals surface area contributed by atoms with Gasteiger partial charge in [0.2, 0.25) is 0 Å². The fourth-order valence-corrected chi connectivity index (χ4v) is 2.87. The van der Waals surface area contributed by atoms with Gasteiger partial charge >= 0.3 is 0 Å². The van der Waals surface area contributed by atoms with Crippen molar-refractivity contribution in [3.05, 3.63) is 53.5 Å². The van der Waals surface area contributed by atoms with E-state index in [-0.39, 0.29) is 0 Å². The van der Waals surface area contributed by atoms with E-state index in [0.29, 0.717) is 6.61 Å². The van der Waals surface area contributed by atoms with E-state index in [9.17, 15) is 0 Å². The number of ether oxygens (including phenoxy) is 1. The molecular weight excluding hydrogens is 256 g/mol. The van der Waals surface area contributed by atoms with E-state index in [2.05, 4.69) is 4.98 Å². The van der Waals surface area contributed by atoms with Crippen molar-refractivity contribution in [1.29, 1.82) is 0 Å². The van der Waals surface area contributed by atoms with Gasteiger partial charge in [0.15, 0.2) is 0 Å². The van der Waals surface area contributed by atoms with Crippen molar-refractivity contribution in [2.75, 3.05) is 12.3 Å². The molecule has 1 heterocycles. The average molecular weight is 270 g/mol. The molecule has 0 fully saturated rings. The molecule has 19 heavy (non-hydrogen) atoms. The van der Waals surface area contributed by atoms with Crippen molar-refractivity contribution in [2.24, 2.45) is 0 Å². The maximum Gasteiger partial charge on any atom is 0.119 e. The van der Waals surface area contributed by atoms with Gasteiger partial charge in [0, 0.05) is 12.1 Å². The molecule has 0 saturated heterocycles. The Bertz CT molecular complexity index is 679. The van der Waals surface area contributed by atoms with Crippen LogP contribution >= 0.6 is 11.3 Å². The van der Waals surface area contributed by atoms with Gasteiger partial charge in [-0.05, 0) is 30.3 Å². The summed E-state index contributed by atoms with van der Waals surface area (Å²) in [5.74, 6) is 0.896. The quantitative estimate of drug-likeness (QED) is 0.738. The van der Waals surface area contributed by atoms with E-state index in [4.69, 9.17) is 10.5 Å². The standard InChI is InChI=1S/C15H14N2OS/c16-11-6-7-13-14(10-11)19-15(17-13)8-9-18-12-4-2-1-3-5-12/h1-7,10H,8-9,16H2. The van der Waals surface area contributed by atoms with E-state index in [0.717, 1.165) is 33.1 Å². The smallest absolute Gasteiger partial charge is 0.119 e. The number of hydrogen-bond donors (Lipinski definition) is 1. The third-order valence-corrected chi connectivity index (χ3v) is 3.86. The first-order chi connectivity index (χ1) is 9.31. The van der Waals surface area contributed by atoms with Crippen molar-refractivity contribution >= 4 is 27.2 Å². The van der Waals surface area contributed by atoms with E-state index < -0.39 is 0 Å². The Morgan fingerprint density at radius 2 is 1.95 bits per heavy atom. The Morgan fingerprint density at radius 3 is 2.79 bits per heavy atom. The molecular formula is C15H14N2OS. The van der Waals surface area contributed by atoms with Crippen LogP contribution in [0.1, 0.15) is 5.01 Å². The number of aromatic nitrogens is 1. The molecule has 0 amide bonds. The molecule has 3 aromatic rings. The van der Waals surface area contributed by atoms with Crippen molar-refractivity contribution in [1.82, 2.24) is 4.98 Å². The molecule has 3 rings (SSSR count). The predicted molar refractivity (Wildman–Crippen MR) is 79.7 cm³/mol. The van der Waals surface area contributed by atoms with Gasteiger partial charge in [-0.3, -0.25) is 0 Å². The number of benzene rings is 2. The molecule has 3 nitrogen and oxygen atoms in total. The van der Waals surface area contributed by atoms with Crippen molar-refractivity contribution < 1.29 is 4.74 Å². The van der Waals surface area contributed by atoms with Crippen LogP contribution in [0.5, 0.6) is 5.75 Å². The van der Waals surface area contributed by atoms with Gasteiger partial charge in [-0.25, -0.2) is 4.98 Å². The highest BCUT2D eigenvalue weighted by atomic mass is 32.1. The monoisotopic (exact) mass is 270 g/mol. The number of nitrogens with zero attached hydrogens (tertiary/aromatic N) is 1. The highest BCUT2D eigenvalue weighted by molar-refractivity contribution is 7.18. The predicted octanol–water partition coefficient (Wildman–Crippen LogP) is 3.50.